The van der Waals surface area contributed by atoms with Gasteiger partial charge in [-0.2, -0.15) is 0 Å². The van der Waals surface area contributed by atoms with E-state index < -0.39 is 29.8 Å². The van der Waals surface area contributed by atoms with Gasteiger partial charge in [-0.1, -0.05) is 0 Å². The summed E-state index contributed by atoms with van der Waals surface area (Å²) >= 11 is 0. The predicted molar refractivity (Wildman–Crippen MR) is 60.3 cm³/mol. The van der Waals surface area contributed by atoms with E-state index in [-0.39, 0.29) is 11.3 Å². The molecule has 0 fully saturated rings. The maximum Gasteiger partial charge on any atom is 0.328 e. The second-order valence-electron chi connectivity index (χ2n) is 3.73. The zero-order valence-electron chi connectivity index (χ0n) is 9.49. The first-order chi connectivity index (χ1) is 8.32. The molecule has 98 valence electrons. The Morgan fingerprint density at radius 1 is 1.28 bits per heavy atom. The van der Waals surface area contributed by atoms with Crippen molar-refractivity contribution in [2.24, 2.45) is 0 Å². The van der Waals surface area contributed by atoms with Crippen LogP contribution in [0.5, 0.6) is 11.5 Å². The largest absolute Gasteiger partial charge is 0.508 e. The van der Waals surface area contributed by atoms with Crippen molar-refractivity contribution in [3.05, 3.63) is 23.8 Å². The standard InChI is InChI=1S/C11H13NO6/c1-5(13)9(11(17)18)12-10(16)7-3-2-6(14)4-8(7)15/h2-5,9,13-15H,1H3,(H,12,16)(H,17,18). The zero-order chi connectivity index (χ0) is 13.9. The Kier molecular flexibility index (Phi) is 4.11. The van der Waals surface area contributed by atoms with Gasteiger partial charge < -0.3 is 25.7 Å². The molecule has 5 N–H and O–H groups in total. The number of benzene rings is 1. The highest BCUT2D eigenvalue weighted by Crippen LogP contribution is 2.22. The first-order valence-corrected chi connectivity index (χ1v) is 5.06. The van der Waals surface area contributed by atoms with Crippen LogP contribution in [0.3, 0.4) is 0 Å². The van der Waals surface area contributed by atoms with Crippen LogP contribution in [0.25, 0.3) is 0 Å². The zero-order valence-corrected chi connectivity index (χ0v) is 9.49. The van der Waals surface area contributed by atoms with E-state index in [1.54, 1.807) is 0 Å². The molecule has 0 aliphatic heterocycles. The molecule has 0 aliphatic carbocycles. The fourth-order valence-corrected chi connectivity index (χ4v) is 1.32. The first kappa shape index (κ1) is 13.8. The highest BCUT2D eigenvalue weighted by atomic mass is 16.4. The lowest BCUT2D eigenvalue weighted by Crippen LogP contribution is -2.47. The van der Waals surface area contributed by atoms with E-state index in [0.717, 1.165) is 12.1 Å². The second kappa shape index (κ2) is 5.37. The lowest BCUT2D eigenvalue weighted by atomic mass is 10.1. The number of rotatable bonds is 4. The van der Waals surface area contributed by atoms with Crippen molar-refractivity contribution in [3.8, 4) is 11.5 Å². The molecule has 0 aliphatic rings. The van der Waals surface area contributed by atoms with Crippen LogP contribution < -0.4 is 5.32 Å². The van der Waals surface area contributed by atoms with Crippen molar-refractivity contribution in [2.75, 3.05) is 0 Å². The number of carboxylic acid groups (broad SMARTS) is 1. The van der Waals surface area contributed by atoms with E-state index in [9.17, 15) is 19.8 Å². The van der Waals surface area contributed by atoms with Gasteiger partial charge in [0.15, 0.2) is 6.04 Å². The lowest BCUT2D eigenvalue weighted by Gasteiger charge is -2.17. The van der Waals surface area contributed by atoms with Crippen molar-refractivity contribution in [2.45, 2.75) is 19.1 Å². The van der Waals surface area contributed by atoms with Crippen LogP contribution in [-0.4, -0.2) is 44.4 Å². The first-order valence-electron chi connectivity index (χ1n) is 5.06. The summed E-state index contributed by atoms with van der Waals surface area (Å²) in [6.45, 7) is 1.22. The molecule has 1 rings (SSSR count). The smallest absolute Gasteiger partial charge is 0.328 e. The summed E-state index contributed by atoms with van der Waals surface area (Å²) in [7, 11) is 0. The number of phenolic OH excluding ortho intramolecular Hbond substituents is 2. The lowest BCUT2D eigenvalue weighted by molar-refractivity contribution is -0.141. The van der Waals surface area contributed by atoms with Crippen molar-refractivity contribution in [1.82, 2.24) is 5.32 Å². The van der Waals surface area contributed by atoms with Crippen LogP contribution in [0, 0.1) is 0 Å². The summed E-state index contributed by atoms with van der Waals surface area (Å²) < 4.78 is 0. The maximum atomic E-state index is 11.7. The number of hydrogen-bond acceptors (Lipinski definition) is 5. The third-order valence-electron chi connectivity index (χ3n) is 2.26. The number of aliphatic hydroxyl groups is 1. The van der Waals surface area contributed by atoms with Crippen molar-refractivity contribution < 1.29 is 30.0 Å². The summed E-state index contributed by atoms with van der Waals surface area (Å²) in [5.74, 6) is -2.96. The predicted octanol–water partition coefficient (Wildman–Crippen LogP) is -0.338. The third kappa shape index (κ3) is 3.11. The fraction of sp³-hybridized carbons (Fsp3) is 0.273. The van der Waals surface area contributed by atoms with E-state index in [1.165, 1.54) is 13.0 Å². The number of aromatic hydroxyl groups is 2. The van der Waals surface area contributed by atoms with Crippen LogP contribution in [0.15, 0.2) is 18.2 Å². The normalized spacial score (nSPS) is 13.7. The number of carbonyl (C=O) groups is 2. The highest BCUT2D eigenvalue weighted by Gasteiger charge is 2.26. The van der Waals surface area contributed by atoms with E-state index >= 15 is 0 Å². The number of aliphatic hydroxyl groups excluding tert-OH is 1. The second-order valence-corrected chi connectivity index (χ2v) is 3.73. The van der Waals surface area contributed by atoms with Gasteiger partial charge in [-0.05, 0) is 19.1 Å². The van der Waals surface area contributed by atoms with Crippen LogP contribution >= 0.6 is 0 Å². The minimum absolute atomic E-state index is 0.195. The Labute approximate surface area is 102 Å². The highest BCUT2D eigenvalue weighted by molar-refractivity contribution is 5.99. The summed E-state index contributed by atoms with van der Waals surface area (Å²) in [4.78, 5) is 22.4. The Morgan fingerprint density at radius 2 is 1.89 bits per heavy atom. The minimum atomic E-state index is -1.48. The van der Waals surface area contributed by atoms with Gasteiger partial charge >= 0.3 is 5.97 Å². The fourth-order valence-electron chi connectivity index (χ4n) is 1.32. The van der Waals surface area contributed by atoms with Gasteiger partial charge in [0.25, 0.3) is 5.91 Å². The van der Waals surface area contributed by atoms with Gasteiger partial charge in [0, 0.05) is 6.07 Å². The number of hydrogen-bond donors (Lipinski definition) is 5. The van der Waals surface area contributed by atoms with Crippen molar-refractivity contribution in [1.29, 1.82) is 0 Å². The van der Waals surface area contributed by atoms with Crippen LogP contribution in [0.1, 0.15) is 17.3 Å². The Balaban J connectivity index is 2.91. The van der Waals surface area contributed by atoms with Gasteiger partial charge in [-0.15, -0.1) is 0 Å². The van der Waals surface area contributed by atoms with Gasteiger partial charge in [0.05, 0.1) is 11.7 Å². The van der Waals surface area contributed by atoms with Gasteiger partial charge in [0.2, 0.25) is 0 Å². The SMILES string of the molecule is CC(O)C(NC(=O)c1ccc(O)cc1O)C(=O)O. The molecule has 2 atom stereocenters. The third-order valence-corrected chi connectivity index (χ3v) is 2.26. The Morgan fingerprint density at radius 3 is 2.33 bits per heavy atom. The summed E-state index contributed by atoms with van der Waals surface area (Å²) in [5.41, 5.74) is -0.195. The molecule has 7 nitrogen and oxygen atoms in total. The topological polar surface area (TPSA) is 127 Å². The number of aliphatic carboxylic acids is 1. The summed E-state index contributed by atoms with van der Waals surface area (Å²) in [6.07, 6.45) is -1.29. The average molecular weight is 255 g/mol. The molecule has 0 bridgehead atoms. The summed E-state index contributed by atoms with van der Waals surface area (Å²) in [5, 5.41) is 38.5. The van der Waals surface area contributed by atoms with Crippen LogP contribution in [0.4, 0.5) is 0 Å². The molecular weight excluding hydrogens is 242 g/mol. The van der Waals surface area contributed by atoms with Gasteiger partial charge in [0.1, 0.15) is 11.5 Å². The van der Waals surface area contributed by atoms with E-state index in [2.05, 4.69) is 5.32 Å². The molecule has 0 heterocycles. The molecule has 18 heavy (non-hydrogen) atoms. The minimum Gasteiger partial charge on any atom is -0.508 e. The average Bonchev–Trinajstić information content (AvgIpc) is 2.24. The number of carbonyl (C=O) groups excluding carboxylic acids is 1. The Bertz CT molecular complexity index is 471. The number of amides is 1. The van der Waals surface area contributed by atoms with Crippen LogP contribution in [0.2, 0.25) is 0 Å². The van der Waals surface area contributed by atoms with Crippen molar-refractivity contribution >= 4 is 11.9 Å². The maximum absolute atomic E-state index is 11.7. The number of phenols is 2. The molecule has 0 saturated carbocycles. The van der Waals surface area contributed by atoms with Crippen LogP contribution in [-0.2, 0) is 4.79 Å². The monoisotopic (exact) mass is 255 g/mol. The van der Waals surface area contributed by atoms with E-state index in [4.69, 9.17) is 10.2 Å². The molecule has 7 heteroatoms. The molecule has 1 amide bonds. The molecule has 0 radical (unpaired) electrons. The van der Waals surface area contributed by atoms with Gasteiger partial charge in [-0.25, -0.2) is 4.79 Å². The molecule has 1 aromatic rings. The molecule has 1 aromatic carbocycles. The molecule has 0 spiro atoms. The summed E-state index contributed by atoms with van der Waals surface area (Å²) in [6, 6.07) is 1.78. The Hall–Kier alpha value is -2.28. The molecule has 2 unspecified atom stereocenters. The quantitative estimate of drug-likeness (QED) is 0.501. The molecule has 0 aromatic heterocycles. The number of nitrogens with one attached hydrogen (secondary N) is 1. The number of carboxylic acids is 1. The van der Waals surface area contributed by atoms with Crippen molar-refractivity contribution in [3.63, 3.8) is 0 Å². The van der Waals surface area contributed by atoms with E-state index in [0.29, 0.717) is 0 Å². The molecule has 0 saturated heterocycles. The van der Waals surface area contributed by atoms with E-state index in [1.807, 2.05) is 0 Å². The molecular formula is C11H13NO6. The van der Waals surface area contributed by atoms with Gasteiger partial charge in [-0.3, -0.25) is 4.79 Å².